The molecule has 2 aromatic heterocycles. The molecule has 0 radical (unpaired) electrons. The number of nitrogens with zero attached hydrogens (tertiary/aromatic N) is 3. The van der Waals surface area contributed by atoms with Gasteiger partial charge in [0.25, 0.3) is 0 Å². The first-order valence-electron chi connectivity index (χ1n) is 10.4. The molecule has 1 saturated heterocycles. The summed E-state index contributed by atoms with van der Waals surface area (Å²) in [5.41, 5.74) is 5.03. The quantitative estimate of drug-likeness (QED) is 0.576. The van der Waals surface area contributed by atoms with E-state index in [1.165, 1.54) is 18.4 Å². The van der Waals surface area contributed by atoms with E-state index in [-0.39, 0.29) is 0 Å². The minimum Gasteiger partial charge on any atom is -0.346 e. The number of rotatable bonds is 6. The van der Waals surface area contributed by atoms with Crippen molar-refractivity contribution in [2.24, 2.45) is 0 Å². The first-order chi connectivity index (χ1) is 14.7. The second-order valence-corrected chi connectivity index (χ2v) is 8.49. The van der Waals surface area contributed by atoms with Gasteiger partial charge in [-0.25, -0.2) is 4.98 Å². The fourth-order valence-corrected chi connectivity index (χ4v) is 4.66. The largest absolute Gasteiger partial charge is 0.346 e. The third-order valence-electron chi connectivity index (χ3n) is 6.06. The molecule has 0 bridgehead atoms. The minimum atomic E-state index is 0.513. The molecule has 1 aliphatic carbocycles. The Hall–Kier alpha value is -2.70. The highest BCUT2D eigenvalue weighted by Gasteiger charge is 2.28. The summed E-state index contributed by atoms with van der Waals surface area (Å²) in [6.07, 6.45) is 7.76. The van der Waals surface area contributed by atoms with Gasteiger partial charge in [-0.05, 0) is 42.0 Å². The molecule has 0 unspecified atom stereocenters. The molecule has 0 spiro atoms. The molecule has 2 N–H and O–H groups in total. The number of aromatic nitrogens is 2. The van der Waals surface area contributed by atoms with E-state index in [1.807, 2.05) is 35.5 Å². The van der Waals surface area contributed by atoms with Crippen LogP contribution in [0.1, 0.15) is 30.7 Å². The Labute approximate surface area is 180 Å². The third kappa shape index (κ3) is 3.50. The number of piperazine rings is 1. The molecule has 3 heterocycles. The molecule has 0 amide bonds. The van der Waals surface area contributed by atoms with E-state index in [4.69, 9.17) is 17.0 Å². The molecule has 1 aliphatic heterocycles. The van der Waals surface area contributed by atoms with Gasteiger partial charge in [0.15, 0.2) is 0 Å². The number of hydrogen-bond acceptors (Lipinski definition) is 4. The standard InChI is InChI=1S/C23H24ClN5O/c24-22-19(13-27-23-21(22)18(12-26-23)15-5-6-15)16-3-1-4-17(11-16)29-9-8-28(7-2-10-30)14-20(29)25/h1,3-4,10-13,15,25H,2,5-9,14H2,(H,26,27). The minimum absolute atomic E-state index is 0.513. The zero-order valence-electron chi connectivity index (χ0n) is 16.7. The fourth-order valence-electron chi connectivity index (χ4n) is 4.30. The van der Waals surface area contributed by atoms with E-state index in [2.05, 4.69) is 20.9 Å². The lowest BCUT2D eigenvalue weighted by molar-refractivity contribution is -0.108. The van der Waals surface area contributed by atoms with Gasteiger partial charge >= 0.3 is 0 Å². The van der Waals surface area contributed by atoms with Crippen LogP contribution in [0.2, 0.25) is 5.02 Å². The molecule has 6 nitrogen and oxygen atoms in total. The molecule has 154 valence electrons. The average Bonchev–Trinajstić information content (AvgIpc) is 3.51. The number of nitrogens with one attached hydrogen (secondary N) is 2. The van der Waals surface area contributed by atoms with Crippen LogP contribution >= 0.6 is 11.6 Å². The van der Waals surface area contributed by atoms with Gasteiger partial charge in [0.2, 0.25) is 0 Å². The highest BCUT2D eigenvalue weighted by atomic mass is 35.5. The van der Waals surface area contributed by atoms with Crippen LogP contribution in [-0.4, -0.2) is 53.2 Å². The zero-order chi connectivity index (χ0) is 20.7. The van der Waals surface area contributed by atoms with E-state index in [0.29, 0.717) is 31.3 Å². The normalized spacial score (nSPS) is 17.6. The Morgan fingerprint density at radius 2 is 2.17 bits per heavy atom. The monoisotopic (exact) mass is 421 g/mol. The van der Waals surface area contributed by atoms with Crippen molar-refractivity contribution in [1.29, 1.82) is 5.41 Å². The number of H-pyrrole nitrogens is 1. The van der Waals surface area contributed by atoms with Crippen molar-refractivity contribution in [2.75, 3.05) is 31.1 Å². The number of aldehydes is 1. The number of anilines is 1. The summed E-state index contributed by atoms with van der Waals surface area (Å²) >= 11 is 6.88. The van der Waals surface area contributed by atoms with Gasteiger partial charge in [0.05, 0.1) is 11.6 Å². The van der Waals surface area contributed by atoms with Crippen LogP contribution < -0.4 is 4.90 Å². The van der Waals surface area contributed by atoms with E-state index < -0.39 is 0 Å². The van der Waals surface area contributed by atoms with Crippen molar-refractivity contribution in [3.63, 3.8) is 0 Å². The molecule has 30 heavy (non-hydrogen) atoms. The second-order valence-electron chi connectivity index (χ2n) is 8.11. The Balaban J connectivity index is 1.44. The maximum absolute atomic E-state index is 10.6. The molecule has 1 aromatic carbocycles. The van der Waals surface area contributed by atoms with Gasteiger partial charge in [-0.2, -0.15) is 0 Å². The summed E-state index contributed by atoms with van der Waals surface area (Å²) in [7, 11) is 0. The number of aromatic amines is 1. The smallest absolute Gasteiger partial charge is 0.139 e. The maximum Gasteiger partial charge on any atom is 0.139 e. The van der Waals surface area contributed by atoms with Gasteiger partial charge in [0.1, 0.15) is 17.8 Å². The Morgan fingerprint density at radius 1 is 1.30 bits per heavy atom. The number of halogens is 1. The Bertz CT molecular complexity index is 1120. The summed E-state index contributed by atoms with van der Waals surface area (Å²) < 4.78 is 0. The van der Waals surface area contributed by atoms with Crippen LogP contribution in [0.4, 0.5) is 5.69 Å². The second kappa shape index (κ2) is 7.85. The van der Waals surface area contributed by atoms with E-state index in [9.17, 15) is 4.79 Å². The molecule has 2 aliphatic rings. The molecular weight excluding hydrogens is 398 g/mol. The van der Waals surface area contributed by atoms with Crippen molar-refractivity contribution < 1.29 is 4.79 Å². The predicted molar refractivity (Wildman–Crippen MR) is 121 cm³/mol. The van der Waals surface area contributed by atoms with E-state index in [1.54, 1.807) is 0 Å². The molecule has 5 rings (SSSR count). The molecular formula is C23H24ClN5O. The summed E-state index contributed by atoms with van der Waals surface area (Å²) in [5, 5.41) is 10.3. The van der Waals surface area contributed by atoms with Crippen molar-refractivity contribution >= 4 is 40.4 Å². The molecule has 0 atom stereocenters. The summed E-state index contributed by atoms with van der Waals surface area (Å²) in [4.78, 5) is 22.7. The topological polar surface area (TPSA) is 76.1 Å². The number of fused-ring (bicyclic) bond motifs is 1. The van der Waals surface area contributed by atoms with Gasteiger partial charge in [-0.1, -0.05) is 23.7 Å². The Kier molecular flexibility index (Phi) is 5.05. The highest BCUT2D eigenvalue weighted by molar-refractivity contribution is 6.38. The first-order valence-corrected chi connectivity index (χ1v) is 10.8. The molecule has 1 saturated carbocycles. The fraction of sp³-hybridized carbons (Fsp3) is 0.348. The van der Waals surface area contributed by atoms with Gasteiger partial charge in [0, 0.05) is 55.1 Å². The summed E-state index contributed by atoms with van der Waals surface area (Å²) in [5.74, 6) is 1.14. The van der Waals surface area contributed by atoms with Crippen LogP contribution in [0.3, 0.4) is 0 Å². The van der Waals surface area contributed by atoms with Crippen molar-refractivity contribution in [3.05, 3.63) is 47.2 Å². The molecule has 7 heteroatoms. The molecule has 3 aromatic rings. The SMILES string of the molecule is N=C1CN(CCC=O)CCN1c1cccc(-c2cnc3[nH]cc(C4CC4)c3c2Cl)c1. The lowest BCUT2D eigenvalue weighted by atomic mass is 10.0. The van der Waals surface area contributed by atoms with Gasteiger partial charge < -0.3 is 14.7 Å². The van der Waals surface area contributed by atoms with E-state index >= 15 is 0 Å². The van der Waals surface area contributed by atoms with Crippen LogP contribution in [0, 0.1) is 5.41 Å². The van der Waals surface area contributed by atoms with E-state index in [0.717, 1.165) is 52.2 Å². The third-order valence-corrected chi connectivity index (χ3v) is 6.45. The Morgan fingerprint density at radius 3 is 2.93 bits per heavy atom. The van der Waals surface area contributed by atoms with Crippen LogP contribution in [0.25, 0.3) is 22.2 Å². The number of amidine groups is 1. The summed E-state index contributed by atoms with van der Waals surface area (Å²) in [6, 6.07) is 8.18. The van der Waals surface area contributed by atoms with Crippen LogP contribution in [-0.2, 0) is 4.79 Å². The lowest BCUT2D eigenvalue weighted by Crippen LogP contribution is -2.50. The first kappa shape index (κ1) is 19.3. The van der Waals surface area contributed by atoms with Gasteiger partial charge in [-0.15, -0.1) is 0 Å². The maximum atomic E-state index is 10.6. The summed E-state index contributed by atoms with van der Waals surface area (Å²) in [6.45, 7) is 2.83. The number of carbonyl (C=O) groups excluding carboxylic acids is 1. The van der Waals surface area contributed by atoms with Crippen molar-refractivity contribution in [2.45, 2.75) is 25.2 Å². The number of benzene rings is 1. The molecule has 2 fully saturated rings. The number of pyridine rings is 1. The average molecular weight is 422 g/mol. The number of hydrogen-bond donors (Lipinski definition) is 2. The van der Waals surface area contributed by atoms with Crippen molar-refractivity contribution in [3.8, 4) is 11.1 Å². The van der Waals surface area contributed by atoms with Crippen LogP contribution in [0.15, 0.2) is 36.7 Å². The number of carbonyl (C=O) groups is 1. The lowest BCUT2D eigenvalue weighted by Gasteiger charge is -2.36. The highest BCUT2D eigenvalue weighted by Crippen LogP contribution is 2.46. The van der Waals surface area contributed by atoms with Crippen LogP contribution in [0.5, 0.6) is 0 Å². The predicted octanol–water partition coefficient (Wildman–Crippen LogP) is 4.45. The zero-order valence-corrected chi connectivity index (χ0v) is 17.5. The van der Waals surface area contributed by atoms with Gasteiger partial charge in [-0.3, -0.25) is 10.3 Å². The van der Waals surface area contributed by atoms with Crippen molar-refractivity contribution in [1.82, 2.24) is 14.9 Å².